The number of rotatable bonds is 5. The molecule has 2 aliphatic heterocycles. The number of piperazine rings is 1. The average molecular weight is 410 g/mol. The molecule has 6 nitrogen and oxygen atoms in total. The maximum absolute atomic E-state index is 12.9. The molecule has 0 bridgehead atoms. The quantitative estimate of drug-likeness (QED) is 0.821. The van der Waals surface area contributed by atoms with Crippen molar-refractivity contribution < 1.29 is 14.3 Å². The molecular formula is C24H31N3O3. The lowest BCUT2D eigenvalue weighted by Crippen LogP contribution is -2.61. The van der Waals surface area contributed by atoms with Gasteiger partial charge in [0.15, 0.2) is 11.5 Å². The van der Waals surface area contributed by atoms with E-state index in [0.717, 1.165) is 37.6 Å². The Kier molecular flexibility index (Phi) is 5.97. The number of carbonyl (C=O) groups excluding carboxylic acids is 1. The highest BCUT2D eigenvalue weighted by Crippen LogP contribution is 2.33. The molecule has 0 saturated carbocycles. The van der Waals surface area contributed by atoms with E-state index in [4.69, 9.17) is 9.47 Å². The third-order valence-electron chi connectivity index (χ3n) is 6.06. The molecule has 1 saturated heterocycles. The van der Waals surface area contributed by atoms with Gasteiger partial charge in [-0.05, 0) is 38.5 Å². The van der Waals surface area contributed by atoms with Gasteiger partial charge in [0.05, 0.1) is 6.04 Å². The average Bonchev–Trinajstić information content (AvgIpc) is 2.75. The van der Waals surface area contributed by atoms with Crippen molar-refractivity contribution in [2.45, 2.75) is 38.9 Å². The van der Waals surface area contributed by atoms with E-state index in [-0.39, 0.29) is 17.5 Å². The summed E-state index contributed by atoms with van der Waals surface area (Å²) < 4.78 is 11.2. The van der Waals surface area contributed by atoms with Crippen molar-refractivity contribution in [3.8, 4) is 11.5 Å². The summed E-state index contributed by atoms with van der Waals surface area (Å²) in [7, 11) is 0. The fraction of sp³-hybridized carbons (Fsp3) is 0.458. The third-order valence-corrected chi connectivity index (χ3v) is 6.06. The Morgan fingerprint density at radius 3 is 2.53 bits per heavy atom. The molecule has 4 rings (SSSR count). The van der Waals surface area contributed by atoms with Crippen molar-refractivity contribution >= 4 is 11.6 Å². The van der Waals surface area contributed by atoms with Crippen LogP contribution in [0, 0.1) is 0 Å². The standard InChI is InChI=1S/C24H31N3O3/c1-18(23(28)25-20-9-10-21-22(15-20)30-14-13-29-21)26-11-12-27(24(2,3)17-26)16-19-7-5-4-6-8-19/h4-10,15,18H,11-14,16-17H2,1-3H3,(H,25,28). The van der Waals surface area contributed by atoms with Gasteiger partial charge in [-0.1, -0.05) is 30.3 Å². The Morgan fingerprint density at radius 2 is 1.80 bits per heavy atom. The number of anilines is 1. The zero-order chi connectivity index (χ0) is 21.1. The lowest BCUT2D eigenvalue weighted by atomic mass is 9.96. The summed E-state index contributed by atoms with van der Waals surface area (Å²) in [5, 5.41) is 3.04. The fourth-order valence-corrected chi connectivity index (χ4v) is 4.19. The molecular weight excluding hydrogens is 378 g/mol. The van der Waals surface area contributed by atoms with Gasteiger partial charge in [-0.25, -0.2) is 0 Å². The van der Waals surface area contributed by atoms with E-state index in [9.17, 15) is 4.79 Å². The summed E-state index contributed by atoms with van der Waals surface area (Å²) >= 11 is 0. The van der Waals surface area contributed by atoms with Gasteiger partial charge >= 0.3 is 0 Å². The van der Waals surface area contributed by atoms with Crippen molar-refractivity contribution in [1.29, 1.82) is 0 Å². The van der Waals surface area contributed by atoms with Crippen molar-refractivity contribution in [1.82, 2.24) is 9.80 Å². The van der Waals surface area contributed by atoms with Crippen LogP contribution >= 0.6 is 0 Å². The molecule has 0 spiro atoms. The van der Waals surface area contributed by atoms with Gasteiger partial charge < -0.3 is 14.8 Å². The van der Waals surface area contributed by atoms with Crippen LogP contribution in [0.1, 0.15) is 26.3 Å². The molecule has 6 heteroatoms. The first-order valence-electron chi connectivity index (χ1n) is 10.7. The molecule has 0 aliphatic carbocycles. The van der Waals surface area contributed by atoms with Gasteiger partial charge in [0.2, 0.25) is 5.91 Å². The van der Waals surface area contributed by atoms with Crippen LogP contribution in [0.15, 0.2) is 48.5 Å². The first-order valence-corrected chi connectivity index (χ1v) is 10.7. The maximum Gasteiger partial charge on any atom is 0.241 e. The summed E-state index contributed by atoms with van der Waals surface area (Å²) in [6, 6.07) is 15.9. The second-order valence-electron chi connectivity index (χ2n) is 8.71. The van der Waals surface area contributed by atoms with Crippen LogP contribution in [0.4, 0.5) is 5.69 Å². The van der Waals surface area contributed by atoms with E-state index in [1.807, 2.05) is 25.1 Å². The Labute approximate surface area is 178 Å². The maximum atomic E-state index is 12.9. The number of hydrogen-bond donors (Lipinski definition) is 1. The third kappa shape index (κ3) is 4.60. The van der Waals surface area contributed by atoms with Crippen LogP contribution in [0.2, 0.25) is 0 Å². The van der Waals surface area contributed by atoms with Crippen LogP contribution in [0.25, 0.3) is 0 Å². The van der Waals surface area contributed by atoms with Gasteiger partial charge in [-0.3, -0.25) is 14.6 Å². The Hall–Kier alpha value is -2.57. The number of nitrogens with one attached hydrogen (secondary N) is 1. The summed E-state index contributed by atoms with van der Waals surface area (Å²) in [6.07, 6.45) is 0. The van der Waals surface area contributed by atoms with Gasteiger partial charge in [0.25, 0.3) is 0 Å². The fourth-order valence-electron chi connectivity index (χ4n) is 4.19. The Balaban J connectivity index is 1.36. The number of amides is 1. The SMILES string of the molecule is CC(C(=O)Nc1ccc2c(c1)OCCO2)N1CCN(Cc2ccccc2)C(C)(C)C1. The highest BCUT2D eigenvalue weighted by atomic mass is 16.6. The van der Waals surface area contributed by atoms with E-state index in [0.29, 0.717) is 19.0 Å². The molecule has 1 fully saturated rings. The smallest absolute Gasteiger partial charge is 0.241 e. The predicted octanol–water partition coefficient (Wildman–Crippen LogP) is 3.38. The molecule has 2 aromatic rings. The lowest BCUT2D eigenvalue weighted by molar-refractivity contribution is -0.122. The number of ether oxygens (including phenoxy) is 2. The lowest BCUT2D eigenvalue weighted by Gasteiger charge is -2.48. The van der Waals surface area contributed by atoms with Crippen molar-refractivity contribution in [3.05, 3.63) is 54.1 Å². The highest BCUT2D eigenvalue weighted by Gasteiger charge is 2.36. The molecule has 2 aromatic carbocycles. The largest absolute Gasteiger partial charge is 0.486 e. The molecule has 1 amide bonds. The number of nitrogens with zero attached hydrogens (tertiary/aromatic N) is 2. The monoisotopic (exact) mass is 409 g/mol. The molecule has 30 heavy (non-hydrogen) atoms. The van der Waals surface area contributed by atoms with E-state index >= 15 is 0 Å². The zero-order valence-corrected chi connectivity index (χ0v) is 18.1. The molecule has 1 unspecified atom stereocenters. The van der Waals surface area contributed by atoms with Crippen LogP contribution in [0.5, 0.6) is 11.5 Å². The number of benzene rings is 2. The van der Waals surface area contributed by atoms with Gasteiger partial charge in [-0.15, -0.1) is 0 Å². The first kappa shape index (κ1) is 20.7. The molecule has 0 radical (unpaired) electrons. The summed E-state index contributed by atoms with van der Waals surface area (Å²) in [4.78, 5) is 17.7. The number of carbonyl (C=O) groups is 1. The minimum Gasteiger partial charge on any atom is -0.486 e. The topological polar surface area (TPSA) is 54.0 Å². The zero-order valence-electron chi connectivity index (χ0n) is 18.1. The molecule has 160 valence electrons. The second-order valence-corrected chi connectivity index (χ2v) is 8.71. The molecule has 0 aromatic heterocycles. The Morgan fingerprint density at radius 1 is 1.07 bits per heavy atom. The van der Waals surface area contributed by atoms with Crippen LogP contribution in [-0.2, 0) is 11.3 Å². The van der Waals surface area contributed by atoms with Crippen LogP contribution < -0.4 is 14.8 Å². The van der Waals surface area contributed by atoms with E-state index in [2.05, 4.69) is 59.3 Å². The van der Waals surface area contributed by atoms with Gasteiger partial charge in [0.1, 0.15) is 13.2 Å². The summed E-state index contributed by atoms with van der Waals surface area (Å²) in [5.74, 6) is 1.41. The number of hydrogen-bond acceptors (Lipinski definition) is 5. The predicted molar refractivity (Wildman–Crippen MR) is 118 cm³/mol. The first-order chi connectivity index (χ1) is 14.4. The number of fused-ring (bicyclic) bond motifs is 1. The van der Waals surface area contributed by atoms with Crippen molar-refractivity contribution in [3.63, 3.8) is 0 Å². The van der Waals surface area contributed by atoms with Crippen LogP contribution in [0.3, 0.4) is 0 Å². The molecule has 1 atom stereocenters. The summed E-state index contributed by atoms with van der Waals surface area (Å²) in [6.45, 7) is 11.2. The van der Waals surface area contributed by atoms with Gasteiger partial charge in [0, 0.05) is 43.5 Å². The molecule has 1 N–H and O–H groups in total. The minimum absolute atomic E-state index is 0.000938. The van der Waals surface area contributed by atoms with E-state index in [1.54, 1.807) is 0 Å². The minimum atomic E-state index is -0.212. The molecule has 2 aliphatic rings. The second kappa shape index (κ2) is 8.66. The van der Waals surface area contributed by atoms with Crippen LogP contribution in [-0.4, -0.2) is 60.1 Å². The van der Waals surface area contributed by atoms with Gasteiger partial charge in [-0.2, -0.15) is 0 Å². The molecule has 2 heterocycles. The summed E-state index contributed by atoms with van der Waals surface area (Å²) in [5.41, 5.74) is 2.04. The van der Waals surface area contributed by atoms with E-state index < -0.39 is 0 Å². The Bertz CT molecular complexity index is 885. The van der Waals surface area contributed by atoms with E-state index in [1.165, 1.54) is 5.56 Å². The van der Waals surface area contributed by atoms with Crippen molar-refractivity contribution in [2.75, 3.05) is 38.2 Å². The van der Waals surface area contributed by atoms with Crippen molar-refractivity contribution in [2.24, 2.45) is 0 Å². The normalized spacial score (nSPS) is 19.8. The highest BCUT2D eigenvalue weighted by molar-refractivity contribution is 5.94.